The fraction of sp³-hybridized carbons (Fsp3) is 0.500. The minimum absolute atomic E-state index is 0.0689. The Hall–Kier alpha value is -1.17. The fourth-order valence-corrected chi connectivity index (χ4v) is 1.80. The van der Waals surface area contributed by atoms with E-state index in [9.17, 15) is 10.2 Å². The Morgan fingerprint density at radius 1 is 1.33 bits per heavy atom. The number of rotatable bonds is 2. The third-order valence-electron chi connectivity index (χ3n) is 2.66. The quantitative estimate of drug-likeness (QED) is 0.590. The van der Waals surface area contributed by atoms with E-state index in [0.717, 1.165) is 11.3 Å². The largest absolute Gasteiger partial charge is 0.392 e. The van der Waals surface area contributed by atoms with Gasteiger partial charge in [-0.3, -0.25) is 4.98 Å². The van der Waals surface area contributed by atoms with E-state index < -0.39 is 12.2 Å². The standard InChI is InChI=1S/C10H14N2O3/c13-6-7-1-2-11-3-8(7)12-4-9(14)10(15)5-12/h1-3,9-10,13-15H,4-6H2. The van der Waals surface area contributed by atoms with Crippen LogP contribution >= 0.6 is 0 Å². The highest BCUT2D eigenvalue weighted by Gasteiger charge is 2.30. The first-order chi connectivity index (χ1) is 7.22. The van der Waals surface area contributed by atoms with Crippen molar-refractivity contribution in [3.8, 4) is 0 Å². The van der Waals surface area contributed by atoms with Crippen LogP contribution in [0.5, 0.6) is 0 Å². The molecule has 2 heterocycles. The van der Waals surface area contributed by atoms with Crippen LogP contribution in [0, 0.1) is 0 Å². The fourth-order valence-electron chi connectivity index (χ4n) is 1.80. The molecular formula is C10H14N2O3. The van der Waals surface area contributed by atoms with Crippen molar-refractivity contribution in [2.24, 2.45) is 0 Å². The Balaban J connectivity index is 2.23. The van der Waals surface area contributed by atoms with E-state index in [1.54, 1.807) is 18.5 Å². The van der Waals surface area contributed by atoms with Gasteiger partial charge in [0.1, 0.15) is 0 Å². The van der Waals surface area contributed by atoms with Gasteiger partial charge in [0.25, 0.3) is 0 Å². The Morgan fingerprint density at radius 2 is 2.00 bits per heavy atom. The molecular weight excluding hydrogens is 196 g/mol. The molecule has 1 saturated heterocycles. The highest BCUT2D eigenvalue weighted by molar-refractivity contribution is 5.52. The molecule has 82 valence electrons. The number of hydrogen-bond acceptors (Lipinski definition) is 5. The van der Waals surface area contributed by atoms with Gasteiger partial charge in [0.15, 0.2) is 0 Å². The van der Waals surface area contributed by atoms with Crippen LogP contribution in [-0.2, 0) is 6.61 Å². The van der Waals surface area contributed by atoms with Crippen molar-refractivity contribution in [3.05, 3.63) is 24.0 Å². The summed E-state index contributed by atoms with van der Waals surface area (Å²) in [5.41, 5.74) is 1.53. The van der Waals surface area contributed by atoms with Crippen LogP contribution in [-0.4, -0.2) is 45.6 Å². The van der Waals surface area contributed by atoms with Gasteiger partial charge < -0.3 is 20.2 Å². The predicted octanol–water partition coefficient (Wildman–Crippen LogP) is -0.884. The molecule has 15 heavy (non-hydrogen) atoms. The lowest BCUT2D eigenvalue weighted by Crippen LogP contribution is -2.22. The van der Waals surface area contributed by atoms with Crippen molar-refractivity contribution < 1.29 is 15.3 Å². The van der Waals surface area contributed by atoms with Crippen LogP contribution in [0.3, 0.4) is 0 Å². The zero-order chi connectivity index (χ0) is 10.8. The second kappa shape index (κ2) is 4.14. The molecule has 3 N–H and O–H groups in total. The lowest BCUT2D eigenvalue weighted by molar-refractivity contribution is 0.0572. The van der Waals surface area contributed by atoms with Gasteiger partial charge in [-0.05, 0) is 6.07 Å². The molecule has 0 amide bonds. The Kier molecular flexibility index (Phi) is 2.86. The summed E-state index contributed by atoms with van der Waals surface area (Å²) in [6, 6.07) is 1.73. The number of aromatic nitrogens is 1. The van der Waals surface area contributed by atoms with Gasteiger partial charge in [0.05, 0.1) is 30.7 Å². The maximum atomic E-state index is 9.42. The van der Waals surface area contributed by atoms with E-state index in [1.807, 2.05) is 4.90 Å². The number of hydrogen-bond donors (Lipinski definition) is 3. The molecule has 1 fully saturated rings. The maximum Gasteiger partial charge on any atom is 0.0990 e. The van der Waals surface area contributed by atoms with Crippen LogP contribution < -0.4 is 4.90 Å². The van der Waals surface area contributed by atoms with Gasteiger partial charge in [-0.25, -0.2) is 0 Å². The van der Waals surface area contributed by atoms with Crippen molar-refractivity contribution in [2.45, 2.75) is 18.8 Å². The molecule has 0 aromatic carbocycles. The van der Waals surface area contributed by atoms with Gasteiger partial charge in [0, 0.05) is 24.8 Å². The molecule has 1 aliphatic heterocycles. The van der Waals surface area contributed by atoms with E-state index >= 15 is 0 Å². The van der Waals surface area contributed by atoms with Gasteiger partial charge in [-0.2, -0.15) is 0 Å². The summed E-state index contributed by atoms with van der Waals surface area (Å²) in [5, 5.41) is 28.0. The summed E-state index contributed by atoms with van der Waals surface area (Å²) in [5.74, 6) is 0. The Bertz CT molecular complexity index is 335. The highest BCUT2D eigenvalue weighted by atomic mass is 16.3. The van der Waals surface area contributed by atoms with Crippen LogP contribution in [0.2, 0.25) is 0 Å². The van der Waals surface area contributed by atoms with E-state index in [4.69, 9.17) is 5.11 Å². The van der Waals surface area contributed by atoms with Crippen molar-refractivity contribution in [1.82, 2.24) is 4.98 Å². The summed E-state index contributed by atoms with van der Waals surface area (Å²) in [7, 11) is 0. The molecule has 0 saturated carbocycles. The molecule has 1 aromatic rings. The molecule has 2 unspecified atom stereocenters. The number of nitrogens with zero attached hydrogens (tertiary/aromatic N) is 2. The number of β-amino-alcohol motifs (C(OH)–C–C–N with tert-alkyl or cyclic N) is 2. The SMILES string of the molecule is OCc1ccncc1N1CC(O)C(O)C1. The van der Waals surface area contributed by atoms with Gasteiger partial charge in [0.2, 0.25) is 0 Å². The Morgan fingerprint density at radius 3 is 2.60 bits per heavy atom. The van der Waals surface area contributed by atoms with Gasteiger partial charge in [-0.1, -0.05) is 0 Å². The number of anilines is 1. The molecule has 0 spiro atoms. The summed E-state index contributed by atoms with van der Waals surface area (Å²) in [6.45, 7) is 0.681. The summed E-state index contributed by atoms with van der Waals surface area (Å²) in [6.07, 6.45) is 1.79. The smallest absolute Gasteiger partial charge is 0.0990 e. The van der Waals surface area contributed by atoms with Crippen molar-refractivity contribution in [1.29, 1.82) is 0 Å². The van der Waals surface area contributed by atoms with E-state index in [1.165, 1.54) is 0 Å². The van der Waals surface area contributed by atoms with Crippen LogP contribution in [0.1, 0.15) is 5.56 Å². The van der Waals surface area contributed by atoms with Crippen LogP contribution in [0.4, 0.5) is 5.69 Å². The molecule has 5 heteroatoms. The van der Waals surface area contributed by atoms with Crippen molar-refractivity contribution >= 4 is 5.69 Å². The first-order valence-electron chi connectivity index (χ1n) is 4.87. The lowest BCUT2D eigenvalue weighted by Gasteiger charge is -2.19. The van der Waals surface area contributed by atoms with Crippen molar-refractivity contribution in [2.75, 3.05) is 18.0 Å². The van der Waals surface area contributed by atoms with E-state index in [-0.39, 0.29) is 6.61 Å². The van der Waals surface area contributed by atoms with Crippen molar-refractivity contribution in [3.63, 3.8) is 0 Å². The van der Waals surface area contributed by atoms with E-state index in [0.29, 0.717) is 13.1 Å². The molecule has 5 nitrogen and oxygen atoms in total. The minimum atomic E-state index is -0.725. The summed E-state index contributed by atoms with van der Waals surface area (Å²) >= 11 is 0. The average molecular weight is 210 g/mol. The third-order valence-corrected chi connectivity index (χ3v) is 2.66. The average Bonchev–Trinajstić information content (AvgIpc) is 2.59. The van der Waals surface area contributed by atoms with Gasteiger partial charge in [-0.15, -0.1) is 0 Å². The van der Waals surface area contributed by atoms with E-state index in [2.05, 4.69) is 4.98 Å². The molecule has 1 aromatic heterocycles. The normalized spacial score (nSPS) is 25.9. The maximum absolute atomic E-state index is 9.42. The first kappa shape index (κ1) is 10.4. The molecule has 2 atom stereocenters. The number of aliphatic hydroxyl groups excluding tert-OH is 3. The zero-order valence-electron chi connectivity index (χ0n) is 8.24. The number of aliphatic hydroxyl groups is 3. The lowest BCUT2D eigenvalue weighted by atomic mass is 10.2. The van der Waals surface area contributed by atoms with Crippen LogP contribution in [0.25, 0.3) is 0 Å². The second-order valence-corrected chi connectivity index (χ2v) is 3.70. The van der Waals surface area contributed by atoms with Gasteiger partial charge >= 0.3 is 0 Å². The molecule has 1 aliphatic rings. The molecule has 0 bridgehead atoms. The Labute approximate surface area is 87.6 Å². The predicted molar refractivity (Wildman–Crippen MR) is 54.4 cm³/mol. The topological polar surface area (TPSA) is 76.8 Å². The third kappa shape index (κ3) is 1.94. The van der Waals surface area contributed by atoms with Crippen LogP contribution in [0.15, 0.2) is 18.5 Å². The minimum Gasteiger partial charge on any atom is -0.392 e. The second-order valence-electron chi connectivity index (χ2n) is 3.70. The molecule has 0 radical (unpaired) electrons. The zero-order valence-corrected chi connectivity index (χ0v) is 8.24. The monoisotopic (exact) mass is 210 g/mol. The first-order valence-corrected chi connectivity index (χ1v) is 4.87. The summed E-state index contributed by atoms with van der Waals surface area (Å²) < 4.78 is 0. The molecule has 0 aliphatic carbocycles. The number of pyridine rings is 1. The summed E-state index contributed by atoms with van der Waals surface area (Å²) in [4.78, 5) is 5.80. The highest BCUT2D eigenvalue weighted by Crippen LogP contribution is 2.23. The molecule has 2 rings (SSSR count).